The fourth-order valence-corrected chi connectivity index (χ4v) is 4.15. The highest BCUT2D eigenvalue weighted by atomic mass is 79.9. The number of hydrogen-bond donors (Lipinski definition) is 1. The van der Waals surface area contributed by atoms with Crippen LogP contribution < -0.4 is 10.1 Å². The first-order valence-corrected chi connectivity index (χ1v) is 8.47. The first-order valence-electron chi connectivity index (χ1n) is 6.09. The summed E-state index contributed by atoms with van der Waals surface area (Å²) in [5, 5.41) is 3.47. The standard InChI is InChI=1S/C13H18Br3NO/c1-3-10(4-2)17-5-6-18-13-11(15)7-9(14)8-12(13)16/h7-8,10,17H,3-6H2,1-2H3. The van der Waals surface area contributed by atoms with E-state index in [4.69, 9.17) is 4.74 Å². The molecule has 0 atom stereocenters. The molecule has 102 valence electrons. The molecule has 0 fully saturated rings. The van der Waals surface area contributed by atoms with Crippen molar-refractivity contribution in [2.45, 2.75) is 32.7 Å². The molecule has 0 unspecified atom stereocenters. The Bertz CT molecular complexity index is 357. The molecule has 2 nitrogen and oxygen atoms in total. The highest BCUT2D eigenvalue weighted by molar-refractivity contribution is 9.11. The van der Waals surface area contributed by atoms with Crippen molar-refractivity contribution in [3.8, 4) is 5.75 Å². The Kier molecular flexibility index (Phi) is 7.84. The number of ether oxygens (including phenoxy) is 1. The second-order valence-electron chi connectivity index (χ2n) is 4.01. The molecule has 0 saturated heterocycles. The minimum atomic E-state index is 0.588. The number of rotatable bonds is 7. The minimum absolute atomic E-state index is 0.588. The third-order valence-electron chi connectivity index (χ3n) is 2.73. The first kappa shape index (κ1) is 16.5. The quantitative estimate of drug-likeness (QED) is 0.590. The van der Waals surface area contributed by atoms with Crippen LogP contribution in [0.4, 0.5) is 0 Å². The zero-order valence-electron chi connectivity index (χ0n) is 10.6. The largest absolute Gasteiger partial charge is 0.490 e. The van der Waals surface area contributed by atoms with E-state index in [2.05, 4.69) is 67.0 Å². The first-order chi connectivity index (χ1) is 8.58. The van der Waals surface area contributed by atoms with E-state index in [1.807, 2.05) is 12.1 Å². The number of nitrogens with one attached hydrogen (secondary N) is 1. The van der Waals surface area contributed by atoms with Gasteiger partial charge in [0, 0.05) is 17.1 Å². The maximum atomic E-state index is 5.78. The van der Waals surface area contributed by atoms with Gasteiger partial charge >= 0.3 is 0 Å². The van der Waals surface area contributed by atoms with Crippen LogP contribution in [0.5, 0.6) is 5.75 Å². The summed E-state index contributed by atoms with van der Waals surface area (Å²) in [6, 6.07) is 4.55. The van der Waals surface area contributed by atoms with Gasteiger partial charge in [0.05, 0.1) is 8.95 Å². The summed E-state index contributed by atoms with van der Waals surface area (Å²) in [7, 11) is 0. The molecular weight excluding hydrogens is 426 g/mol. The molecule has 0 aliphatic rings. The summed E-state index contributed by atoms with van der Waals surface area (Å²) < 4.78 is 8.70. The summed E-state index contributed by atoms with van der Waals surface area (Å²) in [5.74, 6) is 0.851. The molecule has 0 radical (unpaired) electrons. The van der Waals surface area contributed by atoms with E-state index in [0.29, 0.717) is 12.6 Å². The van der Waals surface area contributed by atoms with Gasteiger partial charge in [-0.3, -0.25) is 0 Å². The van der Waals surface area contributed by atoms with Crippen LogP contribution >= 0.6 is 47.8 Å². The summed E-state index contributed by atoms with van der Waals surface area (Å²) >= 11 is 10.4. The molecule has 0 aliphatic heterocycles. The predicted octanol–water partition coefficient (Wildman–Crippen LogP) is 5.13. The van der Waals surface area contributed by atoms with Gasteiger partial charge in [-0.05, 0) is 56.8 Å². The molecule has 18 heavy (non-hydrogen) atoms. The van der Waals surface area contributed by atoms with Crippen molar-refractivity contribution < 1.29 is 4.74 Å². The Morgan fingerprint density at radius 1 is 1.11 bits per heavy atom. The summed E-state index contributed by atoms with van der Waals surface area (Å²) in [6.45, 7) is 5.92. The summed E-state index contributed by atoms with van der Waals surface area (Å²) in [6.07, 6.45) is 2.31. The molecule has 1 N–H and O–H groups in total. The van der Waals surface area contributed by atoms with Gasteiger partial charge in [0.2, 0.25) is 0 Å². The third kappa shape index (κ3) is 5.19. The molecule has 1 rings (SSSR count). The number of halogens is 3. The van der Waals surface area contributed by atoms with Crippen LogP contribution in [-0.4, -0.2) is 19.2 Å². The lowest BCUT2D eigenvalue weighted by Crippen LogP contribution is -2.31. The SMILES string of the molecule is CCC(CC)NCCOc1c(Br)cc(Br)cc1Br. The zero-order valence-corrected chi connectivity index (χ0v) is 15.4. The van der Waals surface area contributed by atoms with Crippen LogP contribution in [0.1, 0.15) is 26.7 Å². The molecule has 0 aliphatic carbocycles. The minimum Gasteiger partial charge on any atom is -0.490 e. The lowest BCUT2D eigenvalue weighted by Gasteiger charge is -2.16. The van der Waals surface area contributed by atoms with Crippen LogP contribution in [-0.2, 0) is 0 Å². The van der Waals surface area contributed by atoms with Gasteiger partial charge in [-0.1, -0.05) is 29.8 Å². The Morgan fingerprint density at radius 3 is 2.17 bits per heavy atom. The van der Waals surface area contributed by atoms with E-state index in [1.54, 1.807) is 0 Å². The lowest BCUT2D eigenvalue weighted by atomic mass is 10.2. The van der Waals surface area contributed by atoms with E-state index >= 15 is 0 Å². The summed E-state index contributed by atoms with van der Waals surface area (Å²) in [4.78, 5) is 0. The molecule has 0 bridgehead atoms. The molecule has 5 heteroatoms. The van der Waals surface area contributed by atoms with Crippen molar-refractivity contribution in [1.82, 2.24) is 5.32 Å². The van der Waals surface area contributed by atoms with Gasteiger partial charge in [0.25, 0.3) is 0 Å². The normalized spacial score (nSPS) is 11.0. The molecule has 1 aromatic carbocycles. The highest BCUT2D eigenvalue weighted by Gasteiger charge is 2.08. The topological polar surface area (TPSA) is 21.3 Å². The number of benzene rings is 1. The Labute approximate surface area is 134 Å². The predicted molar refractivity (Wildman–Crippen MR) is 87.4 cm³/mol. The molecule has 1 aromatic rings. The van der Waals surface area contributed by atoms with Crippen molar-refractivity contribution in [2.24, 2.45) is 0 Å². The maximum Gasteiger partial charge on any atom is 0.147 e. The van der Waals surface area contributed by atoms with E-state index < -0.39 is 0 Å². The van der Waals surface area contributed by atoms with E-state index in [0.717, 1.165) is 38.6 Å². The molecule has 0 aromatic heterocycles. The lowest BCUT2D eigenvalue weighted by molar-refractivity contribution is 0.299. The van der Waals surface area contributed by atoms with E-state index in [9.17, 15) is 0 Å². The van der Waals surface area contributed by atoms with Crippen molar-refractivity contribution in [3.63, 3.8) is 0 Å². The molecular formula is C13H18Br3NO. The second kappa shape index (κ2) is 8.56. The van der Waals surface area contributed by atoms with Crippen LogP contribution in [0.3, 0.4) is 0 Å². The average molecular weight is 444 g/mol. The Balaban J connectivity index is 2.44. The van der Waals surface area contributed by atoms with Gasteiger partial charge in [-0.2, -0.15) is 0 Å². The summed E-state index contributed by atoms with van der Waals surface area (Å²) in [5.41, 5.74) is 0. The van der Waals surface area contributed by atoms with Gasteiger partial charge in [0.15, 0.2) is 0 Å². The van der Waals surface area contributed by atoms with Crippen molar-refractivity contribution in [3.05, 3.63) is 25.6 Å². The van der Waals surface area contributed by atoms with Crippen LogP contribution in [0.15, 0.2) is 25.6 Å². The molecule has 0 heterocycles. The fraction of sp³-hybridized carbons (Fsp3) is 0.538. The average Bonchev–Trinajstić information content (AvgIpc) is 2.32. The van der Waals surface area contributed by atoms with E-state index in [1.165, 1.54) is 0 Å². The number of hydrogen-bond acceptors (Lipinski definition) is 2. The fourth-order valence-electron chi connectivity index (χ4n) is 1.66. The van der Waals surface area contributed by atoms with Gasteiger partial charge < -0.3 is 10.1 Å². The van der Waals surface area contributed by atoms with Crippen molar-refractivity contribution in [1.29, 1.82) is 0 Å². The molecule has 0 amide bonds. The van der Waals surface area contributed by atoms with Crippen molar-refractivity contribution >= 4 is 47.8 Å². The zero-order chi connectivity index (χ0) is 13.5. The highest BCUT2D eigenvalue weighted by Crippen LogP contribution is 2.36. The Morgan fingerprint density at radius 2 is 1.67 bits per heavy atom. The van der Waals surface area contributed by atoms with Gasteiger partial charge in [-0.25, -0.2) is 0 Å². The molecule has 0 spiro atoms. The van der Waals surface area contributed by atoms with Crippen LogP contribution in [0.25, 0.3) is 0 Å². The molecule has 0 saturated carbocycles. The van der Waals surface area contributed by atoms with E-state index in [-0.39, 0.29) is 0 Å². The Hall–Kier alpha value is 0.420. The van der Waals surface area contributed by atoms with Crippen LogP contribution in [0.2, 0.25) is 0 Å². The van der Waals surface area contributed by atoms with Gasteiger partial charge in [0.1, 0.15) is 12.4 Å². The van der Waals surface area contributed by atoms with Gasteiger partial charge in [-0.15, -0.1) is 0 Å². The maximum absolute atomic E-state index is 5.78. The monoisotopic (exact) mass is 441 g/mol. The third-order valence-corrected chi connectivity index (χ3v) is 4.37. The van der Waals surface area contributed by atoms with Crippen LogP contribution in [0, 0.1) is 0 Å². The smallest absolute Gasteiger partial charge is 0.147 e. The second-order valence-corrected chi connectivity index (χ2v) is 6.64. The van der Waals surface area contributed by atoms with Crippen molar-refractivity contribution in [2.75, 3.05) is 13.2 Å².